The lowest BCUT2D eigenvalue weighted by molar-refractivity contribution is 0.0996. The van der Waals surface area contributed by atoms with E-state index >= 15 is 0 Å². The average Bonchev–Trinajstić information content (AvgIpc) is 3.40. The van der Waals surface area contributed by atoms with E-state index in [0.29, 0.717) is 5.76 Å². The summed E-state index contributed by atoms with van der Waals surface area (Å²) in [6.45, 7) is 6.47. The van der Waals surface area contributed by atoms with Crippen molar-refractivity contribution in [2.75, 3.05) is 24.7 Å². The van der Waals surface area contributed by atoms with Crippen molar-refractivity contribution in [3.63, 3.8) is 0 Å². The number of anilines is 1. The molecule has 0 saturated carbocycles. The van der Waals surface area contributed by atoms with E-state index < -0.39 is 0 Å². The van der Waals surface area contributed by atoms with Crippen LogP contribution in [0.5, 0.6) is 0 Å². The number of rotatable bonds is 6. The molecule has 1 amide bonds. The fourth-order valence-electron chi connectivity index (χ4n) is 4.16. The molecule has 1 aromatic carbocycles. The molecular formula is C24H28N2O2S2. The quantitative estimate of drug-likeness (QED) is 0.444. The zero-order valence-corrected chi connectivity index (χ0v) is 19.4. The molecule has 2 aromatic heterocycles. The maximum atomic E-state index is 12.8. The third-order valence-corrected chi connectivity index (χ3v) is 7.75. The molecule has 1 saturated heterocycles. The van der Waals surface area contributed by atoms with Crippen LogP contribution in [0.25, 0.3) is 0 Å². The molecule has 3 aromatic rings. The topological polar surface area (TPSA) is 45.5 Å². The number of furan rings is 1. The van der Waals surface area contributed by atoms with Gasteiger partial charge in [-0.2, -0.15) is 0 Å². The number of hydrogen-bond donors (Lipinski definition) is 1. The maximum absolute atomic E-state index is 12.8. The van der Waals surface area contributed by atoms with E-state index in [-0.39, 0.29) is 11.9 Å². The predicted octanol–water partition coefficient (Wildman–Crippen LogP) is 6.51. The van der Waals surface area contributed by atoms with Crippen molar-refractivity contribution in [3.05, 3.63) is 70.0 Å². The summed E-state index contributed by atoms with van der Waals surface area (Å²) in [6.07, 6.45) is 7.36. The van der Waals surface area contributed by atoms with Crippen molar-refractivity contribution >= 4 is 34.0 Å². The van der Waals surface area contributed by atoms with Gasteiger partial charge in [0.1, 0.15) is 5.00 Å². The second kappa shape index (κ2) is 9.41. The Morgan fingerprint density at radius 2 is 1.87 bits per heavy atom. The number of hydrogen-bond acceptors (Lipinski definition) is 5. The first kappa shape index (κ1) is 21.2. The Balaban J connectivity index is 1.76. The summed E-state index contributed by atoms with van der Waals surface area (Å²) in [7, 11) is 0. The number of nitrogens with zero attached hydrogens (tertiary/aromatic N) is 1. The number of nitrogens with one attached hydrogen (secondary N) is 1. The summed E-state index contributed by atoms with van der Waals surface area (Å²) in [5.74, 6) is 0.140. The Morgan fingerprint density at radius 3 is 2.50 bits per heavy atom. The monoisotopic (exact) mass is 440 g/mol. The van der Waals surface area contributed by atoms with Gasteiger partial charge in [0.2, 0.25) is 0 Å². The van der Waals surface area contributed by atoms with Crippen LogP contribution >= 0.6 is 23.1 Å². The second-order valence-corrected chi connectivity index (χ2v) is 9.83. The molecule has 6 heteroatoms. The van der Waals surface area contributed by atoms with Gasteiger partial charge < -0.3 is 9.73 Å². The number of likely N-dealkylation sites (tertiary alicyclic amines) is 1. The number of aryl methyl sites for hydroxylation is 1. The van der Waals surface area contributed by atoms with Crippen LogP contribution in [0, 0.1) is 13.8 Å². The van der Waals surface area contributed by atoms with E-state index in [1.165, 1.54) is 52.0 Å². The van der Waals surface area contributed by atoms with Crippen LogP contribution in [0.1, 0.15) is 57.4 Å². The highest BCUT2D eigenvalue weighted by atomic mass is 32.2. The van der Waals surface area contributed by atoms with Gasteiger partial charge >= 0.3 is 0 Å². The van der Waals surface area contributed by atoms with E-state index in [1.54, 1.807) is 35.2 Å². The normalized spacial score (nSPS) is 15.8. The van der Waals surface area contributed by atoms with Crippen molar-refractivity contribution in [3.8, 4) is 0 Å². The smallest absolute Gasteiger partial charge is 0.291 e. The van der Waals surface area contributed by atoms with Crippen LogP contribution < -0.4 is 5.32 Å². The zero-order valence-electron chi connectivity index (χ0n) is 17.7. The van der Waals surface area contributed by atoms with Crippen LogP contribution in [0.2, 0.25) is 0 Å². The third-order valence-electron chi connectivity index (χ3n) is 5.86. The number of benzene rings is 1. The molecule has 4 rings (SSSR count). The van der Waals surface area contributed by atoms with Crippen LogP contribution in [-0.2, 0) is 0 Å². The van der Waals surface area contributed by atoms with Crippen molar-refractivity contribution in [1.29, 1.82) is 0 Å². The molecule has 0 aliphatic carbocycles. The van der Waals surface area contributed by atoms with E-state index in [1.807, 2.05) is 0 Å². The highest BCUT2D eigenvalue weighted by Crippen LogP contribution is 2.43. The van der Waals surface area contributed by atoms with Crippen molar-refractivity contribution < 1.29 is 9.21 Å². The minimum atomic E-state index is -0.197. The first-order valence-electron chi connectivity index (χ1n) is 10.4. The molecule has 1 aliphatic rings. The minimum absolute atomic E-state index is 0.137. The molecule has 0 bridgehead atoms. The van der Waals surface area contributed by atoms with E-state index in [9.17, 15) is 4.79 Å². The van der Waals surface area contributed by atoms with Gasteiger partial charge in [-0.05, 0) is 81.4 Å². The minimum Gasteiger partial charge on any atom is -0.459 e. The molecule has 0 spiro atoms. The van der Waals surface area contributed by atoms with Gasteiger partial charge in [0.15, 0.2) is 5.76 Å². The number of thiophene rings is 1. The molecule has 3 heterocycles. The van der Waals surface area contributed by atoms with Gasteiger partial charge in [-0.3, -0.25) is 9.69 Å². The summed E-state index contributed by atoms with van der Waals surface area (Å²) in [5.41, 5.74) is 3.76. The van der Waals surface area contributed by atoms with Crippen LogP contribution in [0.15, 0.2) is 52.0 Å². The van der Waals surface area contributed by atoms with E-state index in [2.05, 4.69) is 54.6 Å². The van der Waals surface area contributed by atoms with E-state index in [4.69, 9.17) is 4.42 Å². The third kappa shape index (κ3) is 4.36. The molecule has 0 radical (unpaired) electrons. The van der Waals surface area contributed by atoms with Gasteiger partial charge in [-0.15, -0.1) is 23.1 Å². The van der Waals surface area contributed by atoms with Gasteiger partial charge in [-0.1, -0.05) is 18.6 Å². The van der Waals surface area contributed by atoms with Gasteiger partial charge in [0, 0.05) is 15.3 Å². The van der Waals surface area contributed by atoms with Crippen LogP contribution in [-0.4, -0.2) is 30.2 Å². The fourth-order valence-corrected chi connectivity index (χ4v) is 5.66. The van der Waals surface area contributed by atoms with Crippen LogP contribution in [0.4, 0.5) is 5.00 Å². The summed E-state index contributed by atoms with van der Waals surface area (Å²) < 4.78 is 5.31. The summed E-state index contributed by atoms with van der Waals surface area (Å²) in [6, 6.07) is 12.5. The Hall–Kier alpha value is -2.02. The highest BCUT2D eigenvalue weighted by Gasteiger charge is 2.30. The SMILES string of the molecule is CSc1ccc([C@@H](c2c(NC(=O)c3ccco3)sc(C)c2C)N2CCCCC2)cc1. The molecular weight excluding hydrogens is 412 g/mol. The summed E-state index contributed by atoms with van der Waals surface area (Å²) in [4.78, 5) is 17.8. The highest BCUT2D eigenvalue weighted by molar-refractivity contribution is 7.98. The molecule has 1 N–H and O–H groups in total. The largest absolute Gasteiger partial charge is 0.459 e. The standard InChI is InChI=1S/C24H28N2O2S2/c1-16-17(2)30-24(25-23(27)20-8-7-15-28-20)21(16)22(26-13-5-4-6-14-26)18-9-11-19(29-3)12-10-18/h7-12,15,22H,4-6,13-14H2,1-3H3,(H,25,27)/t22-/m0/s1. The lowest BCUT2D eigenvalue weighted by atomic mass is 9.93. The summed E-state index contributed by atoms with van der Waals surface area (Å²) in [5, 5.41) is 4.07. The molecule has 4 nitrogen and oxygen atoms in total. The Kier molecular flexibility index (Phi) is 6.66. The van der Waals surface area contributed by atoms with E-state index in [0.717, 1.165) is 18.1 Å². The predicted molar refractivity (Wildman–Crippen MR) is 126 cm³/mol. The molecule has 30 heavy (non-hydrogen) atoms. The maximum Gasteiger partial charge on any atom is 0.291 e. The molecule has 0 unspecified atom stereocenters. The Bertz CT molecular complexity index is 987. The van der Waals surface area contributed by atoms with Gasteiger partial charge in [0.05, 0.1) is 12.3 Å². The van der Waals surface area contributed by atoms with Gasteiger partial charge in [-0.25, -0.2) is 0 Å². The van der Waals surface area contributed by atoms with Gasteiger partial charge in [0.25, 0.3) is 5.91 Å². The van der Waals surface area contributed by atoms with Crippen molar-refractivity contribution in [2.45, 2.75) is 44.0 Å². The number of carbonyl (C=O) groups is 1. The first-order valence-corrected chi connectivity index (χ1v) is 12.5. The molecule has 158 valence electrons. The average molecular weight is 441 g/mol. The Labute approximate surface area is 186 Å². The second-order valence-electron chi connectivity index (χ2n) is 7.73. The van der Waals surface area contributed by atoms with Crippen molar-refractivity contribution in [2.24, 2.45) is 0 Å². The molecule has 1 aliphatic heterocycles. The summed E-state index contributed by atoms with van der Waals surface area (Å²) >= 11 is 3.42. The number of carbonyl (C=O) groups excluding carboxylic acids is 1. The number of amides is 1. The fraction of sp³-hybridized carbons (Fsp3) is 0.375. The zero-order chi connectivity index (χ0) is 21.1. The first-order chi connectivity index (χ1) is 14.6. The number of piperidine rings is 1. The Morgan fingerprint density at radius 1 is 1.13 bits per heavy atom. The number of thioether (sulfide) groups is 1. The molecule has 1 fully saturated rings. The van der Waals surface area contributed by atoms with Crippen LogP contribution in [0.3, 0.4) is 0 Å². The lowest BCUT2D eigenvalue weighted by Crippen LogP contribution is -2.35. The molecule has 1 atom stereocenters. The van der Waals surface area contributed by atoms with Crippen molar-refractivity contribution in [1.82, 2.24) is 4.90 Å². The lowest BCUT2D eigenvalue weighted by Gasteiger charge is -2.36.